The van der Waals surface area contributed by atoms with Gasteiger partial charge in [-0.3, -0.25) is 4.90 Å². The number of halogens is 1. The third kappa shape index (κ3) is 5.56. The van der Waals surface area contributed by atoms with E-state index in [1.54, 1.807) is 6.07 Å². The van der Waals surface area contributed by atoms with Gasteiger partial charge >= 0.3 is 0 Å². The Morgan fingerprint density at radius 3 is 2.50 bits per heavy atom. The van der Waals surface area contributed by atoms with Crippen molar-refractivity contribution in [2.45, 2.75) is 51.2 Å². The molecule has 2 saturated heterocycles. The maximum absolute atomic E-state index is 11.0. The van der Waals surface area contributed by atoms with Crippen molar-refractivity contribution < 1.29 is 9.84 Å². The molecule has 0 radical (unpaired) electrons. The molecule has 0 aromatic heterocycles. The Hall–Kier alpha value is -2.26. The van der Waals surface area contributed by atoms with Crippen LogP contribution in [0.1, 0.15) is 43.2 Å². The molecule has 0 aliphatic carbocycles. The summed E-state index contributed by atoms with van der Waals surface area (Å²) in [6.45, 7) is 14.7. The zero-order valence-electron chi connectivity index (χ0n) is 18.8. The summed E-state index contributed by atoms with van der Waals surface area (Å²) < 4.78 is 6.05. The predicted octanol–water partition coefficient (Wildman–Crippen LogP) is 5.60. The first kappa shape index (κ1) is 22.9. The van der Waals surface area contributed by atoms with Crippen LogP contribution in [0.25, 0.3) is 4.85 Å². The van der Waals surface area contributed by atoms with Gasteiger partial charge in [0.2, 0.25) is 5.69 Å². The van der Waals surface area contributed by atoms with E-state index in [4.69, 9.17) is 22.9 Å². The standard InChI is InChI=1S/C26H32ClN3O2/c1-20-17-21(19-29-12-3-4-13-29)5-8-25(20)32-16-11-26(31)9-14-30(15-10-26)22-6-7-24(28-2)23(27)18-22/h5-8,17-18,31H,3-4,9-16,19H2,1H3. The van der Waals surface area contributed by atoms with Crippen LogP contribution in [0.4, 0.5) is 11.4 Å². The molecule has 32 heavy (non-hydrogen) atoms. The fourth-order valence-electron chi connectivity index (χ4n) is 4.74. The number of ether oxygens (including phenoxy) is 1. The van der Waals surface area contributed by atoms with Gasteiger partial charge in [0.1, 0.15) is 5.75 Å². The van der Waals surface area contributed by atoms with Gasteiger partial charge in [-0.15, -0.1) is 0 Å². The van der Waals surface area contributed by atoms with Gasteiger partial charge in [-0.2, -0.15) is 0 Å². The minimum Gasteiger partial charge on any atom is -0.493 e. The molecule has 1 N–H and O–H groups in total. The summed E-state index contributed by atoms with van der Waals surface area (Å²) in [6, 6.07) is 12.0. The minimum absolute atomic E-state index is 0.473. The summed E-state index contributed by atoms with van der Waals surface area (Å²) >= 11 is 6.19. The van der Waals surface area contributed by atoms with E-state index in [2.05, 4.69) is 39.8 Å². The van der Waals surface area contributed by atoms with Crippen molar-refractivity contribution in [1.82, 2.24) is 4.90 Å². The largest absolute Gasteiger partial charge is 0.493 e. The van der Waals surface area contributed by atoms with E-state index >= 15 is 0 Å². The van der Waals surface area contributed by atoms with Crippen molar-refractivity contribution in [3.8, 4) is 5.75 Å². The highest BCUT2D eigenvalue weighted by Gasteiger charge is 2.32. The van der Waals surface area contributed by atoms with Gasteiger partial charge < -0.3 is 14.7 Å². The molecular formula is C26H32ClN3O2. The summed E-state index contributed by atoms with van der Waals surface area (Å²) in [7, 11) is 0. The predicted molar refractivity (Wildman–Crippen MR) is 130 cm³/mol. The summed E-state index contributed by atoms with van der Waals surface area (Å²) in [5.74, 6) is 0.908. The Morgan fingerprint density at radius 2 is 1.84 bits per heavy atom. The van der Waals surface area contributed by atoms with Crippen molar-refractivity contribution in [1.29, 1.82) is 0 Å². The van der Waals surface area contributed by atoms with Crippen molar-refractivity contribution in [2.24, 2.45) is 0 Å². The van der Waals surface area contributed by atoms with E-state index in [-0.39, 0.29) is 0 Å². The second kappa shape index (κ2) is 10.1. The van der Waals surface area contributed by atoms with E-state index in [1.807, 2.05) is 12.1 Å². The highest BCUT2D eigenvalue weighted by atomic mass is 35.5. The molecule has 0 amide bonds. The van der Waals surface area contributed by atoms with Gasteiger partial charge in [-0.05, 0) is 75.0 Å². The Labute approximate surface area is 196 Å². The zero-order chi connectivity index (χ0) is 22.6. The van der Waals surface area contributed by atoms with Crippen molar-refractivity contribution in [3.63, 3.8) is 0 Å². The van der Waals surface area contributed by atoms with Crippen LogP contribution < -0.4 is 9.64 Å². The maximum atomic E-state index is 11.0. The smallest absolute Gasteiger partial charge is 0.205 e. The molecule has 4 rings (SSSR count). The monoisotopic (exact) mass is 453 g/mol. The first-order valence-corrected chi connectivity index (χ1v) is 11.9. The number of hydrogen-bond donors (Lipinski definition) is 1. The van der Waals surface area contributed by atoms with Crippen LogP contribution in [-0.2, 0) is 6.54 Å². The summed E-state index contributed by atoms with van der Waals surface area (Å²) in [5.41, 5.74) is 3.27. The number of aliphatic hydroxyl groups is 1. The number of aryl methyl sites for hydroxylation is 1. The molecule has 2 aromatic carbocycles. The third-order valence-electron chi connectivity index (χ3n) is 6.78. The third-order valence-corrected chi connectivity index (χ3v) is 7.08. The maximum Gasteiger partial charge on any atom is 0.205 e. The lowest BCUT2D eigenvalue weighted by Gasteiger charge is -2.39. The van der Waals surface area contributed by atoms with E-state index < -0.39 is 5.60 Å². The average molecular weight is 454 g/mol. The number of hydrogen-bond acceptors (Lipinski definition) is 4. The number of benzene rings is 2. The van der Waals surface area contributed by atoms with Crippen molar-refractivity contribution in [3.05, 3.63) is 64.0 Å². The second-order valence-corrected chi connectivity index (χ2v) is 9.55. The number of anilines is 1. The number of nitrogens with zero attached hydrogens (tertiary/aromatic N) is 3. The van der Waals surface area contributed by atoms with Crippen LogP contribution in [0, 0.1) is 13.5 Å². The molecule has 2 heterocycles. The Kier molecular flexibility index (Phi) is 7.25. The molecular weight excluding hydrogens is 422 g/mol. The molecule has 2 fully saturated rings. The molecule has 0 saturated carbocycles. The summed E-state index contributed by atoms with van der Waals surface area (Å²) in [5, 5.41) is 11.5. The molecule has 0 bridgehead atoms. The first-order chi connectivity index (χ1) is 15.5. The molecule has 170 valence electrons. The van der Waals surface area contributed by atoms with Crippen LogP contribution in [-0.4, -0.2) is 48.4 Å². The van der Waals surface area contributed by atoms with Crippen LogP contribution in [0.3, 0.4) is 0 Å². The number of piperidine rings is 1. The van der Waals surface area contributed by atoms with Gasteiger partial charge in [0.25, 0.3) is 0 Å². The molecule has 2 aliphatic rings. The topological polar surface area (TPSA) is 40.3 Å². The van der Waals surface area contributed by atoms with Crippen LogP contribution in [0.2, 0.25) is 5.02 Å². The molecule has 0 spiro atoms. The fourth-order valence-corrected chi connectivity index (χ4v) is 4.95. The molecule has 2 aliphatic heterocycles. The van der Waals surface area contributed by atoms with Gasteiger partial charge in [-0.25, -0.2) is 4.85 Å². The lowest BCUT2D eigenvalue weighted by Crippen LogP contribution is -2.45. The van der Waals surface area contributed by atoms with Gasteiger partial charge in [-0.1, -0.05) is 29.8 Å². The lowest BCUT2D eigenvalue weighted by atomic mass is 9.88. The first-order valence-electron chi connectivity index (χ1n) is 11.5. The molecule has 0 unspecified atom stereocenters. The highest BCUT2D eigenvalue weighted by Crippen LogP contribution is 2.33. The minimum atomic E-state index is -0.708. The molecule has 6 heteroatoms. The van der Waals surface area contributed by atoms with Crippen molar-refractivity contribution >= 4 is 23.0 Å². The Bertz CT molecular complexity index is 974. The normalized spacial score (nSPS) is 18.5. The highest BCUT2D eigenvalue weighted by molar-refractivity contribution is 6.33. The molecule has 0 atom stereocenters. The van der Waals surface area contributed by atoms with E-state index in [0.717, 1.165) is 36.6 Å². The van der Waals surface area contributed by atoms with Crippen LogP contribution in [0.15, 0.2) is 36.4 Å². The van der Waals surface area contributed by atoms with Crippen LogP contribution in [0.5, 0.6) is 5.75 Å². The second-order valence-electron chi connectivity index (χ2n) is 9.14. The quantitative estimate of drug-likeness (QED) is 0.554. The van der Waals surface area contributed by atoms with Gasteiger partial charge in [0.15, 0.2) is 0 Å². The number of likely N-dealkylation sites (tertiary alicyclic amines) is 1. The molecule has 2 aromatic rings. The zero-order valence-corrected chi connectivity index (χ0v) is 19.6. The summed E-state index contributed by atoms with van der Waals surface area (Å²) in [4.78, 5) is 8.14. The Morgan fingerprint density at radius 1 is 1.09 bits per heavy atom. The van der Waals surface area contributed by atoms with E-state index in [0.29, 0.717) is 36.6 Å². The van der Waals surface area contributed by atoms with Crippen LogP contribution >= 0.6 is 11.6 Å². The SMILES string of the molecule is [C-]#[N+]c1ccc(N2CCC(O)(CCOc3ccc(CN4CCCC4)cc3C)CC2)cc1Cl. The van der Waals surface area contributed by atoms with E-state index in [9.17, 15) is 5.11 Å². The van der Waals surface area contributed by atoms with E-state index in [1.165, 1.54) is 31.5 Å². The van der Waals surface area contributed by atoms with Gasteiger partial charge in [0.05, 0.1) is 18.8 Å². The van der Waals surface area contributed by atoms with Crippen molar-refractivity contribution in [2.75, 3.05) is 37.7 Å². The average Bonchev–Trinajstić information content (AvgIpc) is 3.29. The summed E-state index contributed by atoms with van der Waals surface area (Å²) in [6.07, 6.45) is 4.61. The molecule has 5 nitrogen and oxygen atoms in total. The lowest BCUT2D eigenvalue weighted by molar-refractivity contribution is -0.00273. The fraction of sp³-hybridized carbons (Fsp3) is 0.500. The number of rotatable bonds is 7. The Balaban J connectivity index is 1.25. The van der Waals surface area contributed by atoms with Gasteiger partial charge in [0, 0.05) is 36.8 Å².